The quantitative estimate of drug-likeness (QED) is 0.810. The van der Waals surface area contributed by atoms with E-state index in [9.17, 15) is 4.79 Å². The SMILES string of the molecule is CC(=O)Cc1ccc2ccn(CC3CCCC3)c2c1. The molecule has 1 aliphatic carbocycles. The average Bonchev–Trinajstić information content (AvgIpc) is 3.00. The molecule has 1 fully saturated rings. The molecule has 0 bridgehead atoms. The van der Waals surface area contributed by atoms with Crippen molar-refractivity contribution in [3.63, 3.8) is 0 Å². The standard InChI is InChI=1S/C17H21NO/c1-13(19)10-15-6-7-16-8-9-18(17(16)11-15)12-14-4-2-3-5-14/h6-9,11,14H,2-5,10,12H2,1H3. The predicted octanol–water partition coefficient (Wildman–Crippen LogP) is 3.96. The molecule has 0 unspecified atom stereocenters. The highest BCUT2D eigenvalue weighted by molar-refractivity contribution is 5.83. The zero-order valence-corrected chi connectivity index (χ0v) is 11.6. The third-order valence-electron chi connectivity index (χ3n) is 4.22. The summed E-state index contributed by atoms with van der Waals surface area (Å²) in [5, 5.41) is 1.28. The number of ketones is 1. The summed E-state index contributed by atoms with van der Waals surface area (Å²) in [4.78, 5) is 11.2. The van der Waals surface area contributed by atoms with Gasteiger partial charge in [0.25, 0.3) is 0 Å². The van der Waals surface area contributed by atoms with Gasteiger partial charge in [-0.1, -0.05) is 25.0 Å². The Bertz CT molecular complexity index is 590. The van der Waals surface area contributed by atoms with Crippen molar-refractivity contribution in [3.8, 4) is 0 Å². The molecule has 1 aromatic carbocycles. The van der Waals surface area contributed by atoms with Crippen LogP contribution in [0.15, 0.2) is 30.5 Å². The number of carbonyl (C=O) groups is 1. The van der Waals surface area contributed by atoms with Crippen LogP contribution in [-0.2, 0) is 17.8 Å². The van der Waals surface area contributed by atoms with E-state index in [0.717, 1.165) is 18.0 Å². The molecule has 1 heterocycles. The van der Waals surface area contributed by atoms with E-state index in [4.69, 9.17) is 0 Å². The Morgan fingerprint density at radius 3 is 2.79 bits per heavy atom. The van der Waals surface area contributed by atoms with Gasteiger partial charge < -0.3 is 4.57 Å². The molecule has 0 saturated heterocycles. The normalized spacial score (nSPS) is 16.3. The van der Waals surface area contributed by atoms with Gasteiger partial charge in [0.1, 0.15) is 5.78 Å². The number of Topliss-reactive ketones (excluding diaryl/α,β-unsaturated/α-hetero) is 1. The molecular formula is C17H21NO. The van der Waals surface area contributed by atoms with Crippen molar-refractivity contribution in [3.05, 3.63) is 36.0 Å². The van der Waals surface area contributed by atoms with Crippen LogP contribution in [0.25, 0.3) is 10.9 Å². The Morgan fingerprint density at radius 2 is 2.05 bits per heavy atom. The van der Waals surface area contributed by atoms with E-state index < -0.39 is 0 Å². The first-order valence-corrected chi connectivity index (χ1v) is 7.29. The number of fused-ring (bicyclic) bond motifs is 1. The van der Waals surface area contributed by atoms with Crippen LogP contribution in [0, 0.1) is 5.92 Å². The fourth-order valence-electron chi connectivity index (χ4n) is 3.26. The van der Waals surface area contributed by atoms with Crippen molar-refractivity contribution in [2.24, 2.45) is 5.92 Å². The highest BCUT2D eigenvalue weighted by Gasteiger charge is 2.16. The predicted molar refractivity (Wildman–Crippen MR) is 78.3 cm³/mol. The van der Waals surface area contributed by atoms with Crippen molar-refractivity contribution in [1.82, 2.24) is 4.57 Å². The second-order valence-corrected chi connectivity index (χ2v) is 5.89. The Balaban J connectivity index is 1.88. The third kappa shape index (κ3) is 2.73. The van der Waals surface area contributed by atoms with Gasteiger partial charge in [0, 0.05) is 24.7 Å². The monoisotopic (exact) mass is 255 g/mol. The second-order valence-electron chi connectivity index (χ2n) is 5.89. The van der Waals surface area contributed by atoms with E-state index in [1.54, 1.807) is 6.92 Å². The van der Waals surface area contributed by atoms with Gasteiger partial charge in [0.2, 0.25) is 0 Å². The lowest BCUT2D eigenvalue weighted by atomic mass is 10.1. The highest BCUT2D eigenvalue weighted by Crippen LogP contribution is 2.28. The number of carbonyl (C=O) groups excluding carboxylic acids is 1. The summed E-state index contributed by atoms with van der Waals surface area (Å²) in [7, 11) is 0. The molecule has 0 spiro atoms. The summed E-state index contributed by atoms with van der Waals surface area (Å²) >= 11 is 0. The molecule has 1 aliphatic rings. The van der Waals surface area contributed by atoms with Gasteiger partial charge in [-0.3, -0.25) is 4.79 Å². The Labute approximate surface area is 114 Å². The molecule has 0 atom stereocenters. The first-order chi connectivity index (χ1) is 9.22. The number of aromatic nitrogens is 1. The summed E-state index contributed by atoms with van der Waals surface area (Å²) in [5.41, 5.74) is 2.41. The minimum Gasteiger partial charge on any atom is -0.347 e. The van der Waals surface area contributed by atoms with Gasteiger partial charge in [-0.2, -0.15) is 0 Å². The zero-order chi connectivity index (χ0) is 13.2. The molecular weight excluding hydrogens is 234 g/mol. The zero-order valence-electron chi connectivity index (χ0n) is 11.6. The maximum Gasteiger partial charge on any atom is 0.134 e. The van der Waals surface area contributed by atoms with E-state index in [2.05, 4.69) is 35.0 Å². The lowest BCUT2D eigenvalue weighted by molar-refractivity contribution is -0.116. The third-order valence-corrected chi connectivity index (χ3v) is 4.22. The first-order valence-electron chi connectivity index (χ1n) is 7.29. The summed E-state index contributed by atoms with van der Waals surface area (Å²) in [6.07, 6.45) is 8.25. The van der Waals surface area contributed by atoms with Crippen LogP contribution in [-0.4, -0.2) is 10.4 Å². The van der Waals surface area contributed by atoms with E-state index in [0.29, 0.717) is 6.42 Å². The average molecular weight is 255 g/mol. The molecule has 0 N–H and O–H groups in total. The molecule has 2 nitrogen and oxygen atoms in total. The molecule has 2 aromatic rings. The van der Waals surface area contributed by atoms with Gasteiger partial charge in [-0.25, -0.2) is 0 Å². The highest BCUT2D eigenvalue weighted by atomic mass is 16.1. The Hall–Kier alpha value is -1.57. The van der Waals surface area contributed by atoms with E-state index in [1.807, 2.05) is 0 Å². The number of rotatable bonds is 4. The minimum absolute atomic E-state index is 0.230. The van der Waals surface area contributed by atoms with Crippen LogP contribution in [0.2, 0.25) is 0 Å². The van der Waals surface area contributed by atoms with Crippen LogP contribution >= 0.6 is 0 Å². The molecule has 0 aliphatic heterocycles. The molecule has 100 valence electrons. The largest absolute Gasteiger partial charge is 0.347 e. The van der Waals surface area contributed by atoms with Crippen LogP contribution in [0.5, 0.6) is 0 Å². The minimum atomic E-state index is 0.230. The molecule has 19 heavy (non-hydrogen) atoms. The molecule has 0 amide bonds. The smallest absolute Gasteiger partial charge is 0.134 e. The first kappa shape index (κ1) is 12.5. The Morgan fingerprint density at radius 1 is 1.26 bits per heavy atom. The van der Waals surface area contributed by atoms with E-state index in [-0.39, 0.29) is 5.78 Å². The van der Waals surface area contributed by atoms with Crippen LogP contribution < -0.4 is 0 Å². The lowest BCUT2D eigenvalue weighted by Gasteiger charge is -2.12. The number of nitrogens with zero attached hydrogens (tertiary/aromatic N) is 1. The molecule has 3 rings (SSSR count). The van der Waals surface area contributed by atoms with Gasteiger partial charge in [0.15, 0.2) is 0 Å². The van der Waals surface area contributed by atoms with Crippen molar-refractivity contribution < 1.29 is 4.79 Å². The fraction of sp³-hybridized carbons (Fsp3) is 0.471. The number of hydrogen-bond donors (Lipinski definition) is 0. The molecule has 2 heteroatoms. The molecule has 0 radical (unpaired) electrons. The summed E-state index contributed by atoms with van der Waals surface area (Å²) < 4.78 is 2.37. The van der Waals surface area contributed by atoms with Crippen LogP contribution in [0.3, 0.4) is 0 Å². The summed E-state index contributed by atoms with van der Waals surface area (Å²) in [6, 6.07) is 8.58. The van der Waals surface area contributed by atoms with Gasteiger partial charge >= 0.3 is 0 Å². The number of benzene rings is 1. The van der Waals surface area contributed by atoms with Gasteiger partial charge in [-0.05, 0) is 48.8 Å². The van der Waals surface area contributed by atoms with Crippen molar-refractivity contribution in [2.45, 2.75) is 45.6 Å². The maximum absolute atomic E-state index is 11.2. The van der Waals surface area contributed by atoms with Crippen molar-refractivity contribution in [2.75, 3.05) is 0 Å². The van der Waals surface area contributed by atoms with E-state index in [1.165, 1.54) is 36.6 Å². The van der Waals surface area contributed by atoms with E-state index >= 15 is 0 Å². The summed E-state index contributed by atoms with van der Waals surface area (Å²) in [5.74, 6) is 1.07. The maximum atomic E-state index is 11.2. The van der Waals surface area contributed by atoms with Gasteiger partial charge in [-0.15, -0.1) is 0 Å². The number of hydrogen-bond acceptors (Lipinski definition) is 1. The van der Waals surface area contributed by atoms with Gasteiger partial charge in [0.05, 0.1) is 0 Å². The Kier molecular flexibility index (Phi) is 3.41. The lowest BCUT2D eigenvalue weighted by Crippen LogP contribution is -2.06. The van der Waals surface area contributed by atoms with Crippen molar-refractivity contribution in [1.29, 1.82) is 0 Å². The topological polar surface area (TPSA) is 22.0 Å². The summed E-state index contributed by atoms with van der Waals surface area (Å²) in [6.45, 7) is 2.79. The van der Waals surface area contributed by atoms with Crippen molar-refractivity contribution >= 4 is 16.7 Å². The molecule has 1 aromatic heterocycles. The fourth-order valence-corrected chi connectivity index (χ4v) is 3.26. The van der Waals surface area contributed by atoms with Crippen LogP contribution in [0.4, 0.5) is 0 Å². The molecule has 1 saturated carbocycles. The second kappa shape index (κ2) is 5.20. The van der Waals surface area contributed by atoms with Crippen LogP contribution in [0.1, 0.15) is 38.2 Å².